The molecule has 0 N–H and O–H groups in total. The van der Waals surface area contributed by atoms with Gasteiger partial charge in [-0.1, -0.05) is 13.8 Å². The Morgan fingerprint density at radius 3 is 2.53 bits per heavy atom. The Morgan fingerprint density at radius 2 is 2.05 bits per heavy atom. The average Bonchev–Trinajstić information content (AvgIpc) is 2.26. The molecule has 0 aromatic carbocycles. The Bertz CT molecular complexity index is 322. The van der Waals surface area contributed by atoms with Crippen molar-refractivity contribution in [3.63, 3.8) is 0 Å². The highest BCUT2D eigenvalue weighted by atomic mass is 16.6. The lowest BCUT2D eigenvalue weighted by Crippen LogP contribution is -2.57. The van der Waals surface area contributed by atoms with E-state index in [4.69, 9.17) is 9.47 Å². The molecule has 1 saturated heterocycles. The van der Waals surface area contributed by atoms with Crippen molar-refractivity contribution >= 4 is 12.3 Å². The van der Waals surface area contributed by atoms with E-state index < -0.39 is 11.6 Å². The highest BCUT2D eigenvalue weighted by Crippen LogP contribution is 2.20. The van der Waals surface area contributed by atoms with Gasteiger partial charge in [0.1, 0.15) is 17.9 Å². The normalized spacial score (nSPS) is 23.2. The molecule has 0 aromatic heterocycles. The first-order valence-electron chi connectivity index (χ1n) is 6.78. The van der Waals surface area contributed by atoms with Crippen LogP contribution < -0.4 is 0 Å². The predicted octanol–water partition coefficient (Wildman–Crippen LogP) is 1.25. The SMILES string of the molecule is CC(C)[C@@H](C(=O)OC(C)(C)C)N1CCOC[C@@H]1C=O. The largest absolute Gasteiger partial charge is 0.459 e. The number of morpholine rings is 1. The summed E-state index contributed by atoms with van der Waals surface area (Å²) in [6.45, 7) is 10.9. The van der Waals surface area contributed by atoms with Crippen LogP contribution >= 0.6 is 0 Å². The van der Waals surface area contributed by atoms with Crippen LogP contribution in [0.5, 0.6) is 0 Å². The molecule has 19 heavy (non-hydrogen) atoms. The number of hydrogen-bond donors (Lipinski definition) is 0. The van der Waals surface area contributed by atoms with E-state index in [1.165, 1.54) is 0 Å². The van der Waals surface area contributed by atoms with E-state index in [0.29, 0.717) is 19.8 Å². The van der Waals surface area contributed by atoms with Gasteiger partial charge in [0.2, 0.25) is 0 Å². The van der Waals surface area contributed by atoms with Crippen LogP contribution in [0.2, 0.25) is 0 Å². The molecule has 0 bridgehead atoms. The van der Waals surface area contributed by atoms with E-state index in [-0.39, 0.29) is 17.9 Å². The first-order chi connectivity index (χ1) is 8.76. The number of aldehydes is 1. The third-order valence-corrected chi connectivity index (χ3v) is 3.00. The van der Waals surface area contributed by atoms with Crippen molar-refractivity contribution in [2.24, 2.45) is 5.92 Å². The van der Waals surface area contributed by atoms with Crippen molar-refractivity contribution in [1.82, 2.24) is 4.90 Å². The molecule has 0 amide bonds. The summed E-state index contributed by atoms with van der Waals surface area (Å²) < 4.78 is 10.8. The van der Waals surface area contributed by atoms with Crippen LogP contribution in [-0.2, 0) is 19.1 Å². The number of esters is 1. The second kappa shape index (κ2) is 6.48. The molecule has 5 heteroatoms. The number of rotatable bonds is 4. The van der Waals surface area contributed by atoms with Crippen molar-refractivity contribution in [1.29, 1.82) is 0 Å². The van der Waals surface area contributed by atoms with Gasteiger partial charge in [-0.05, 0) is 26.7 Å². The third kappa shape index (κ3) is 4.58. The highest BCUT2D eigenvalue weighted by Gasteiger charge is 2.37. The second-order valence-corrected chi connectivity index (χ2v) is 6.24. The molecule has 5 nitrogen and oxygen atoms in total. The fraction of sp³-hybridized carbons (Fsp3) is 0.857. The minimum Gasteiger partial charge on any atom is -0.459 e. The zero-order valence-electron chi connectivity index (χ0n) is 12.5. The zero-order chi connectivity index (χ0) is 14.6. The van der Waals surface area contributed by atoms with Crippen molar-refractivity contribution in [2.45, 2.75) is 52.3 Å². The molecule has 110 valence electrons. The van der Waals surface area contributed by atoms with Gasteiger partial charge in [0.25, 0.3) is 0 Å². The lowest BCUT2D eigenvalue weighted by molar-refractivity contribution is -0.167. The van der Waals surface area contributed by atoms with Crippen LogP contribution in [0.3, 0.4) is 0 Å². The monoisotopic (exact) mass is 271 g/mol. The lowest BCUT2D eigenvalue weighted by Gasteiger charge is -2.39. The van der Waals surface area contributed by atoms with E-state index in [0.717, 1.165) is 6.29 Å². The minimum atomic E-state index is -0.521. The zero-order valence-corrected chi connectivity index (χ0v) is 12.5. The van der Waals surface area contributed by atoms with E-state index in [1.54, 1.807) is 0 Å². The number of ether oxygens (including phenoxy) is 2. The van der Waals surface area contributed by atoms with E-state index in [2.05, 4.69) is 0 Å². The smallest absolute Gasteiger partial charge is 0.324 e. The maximum absolute atomic E-state index is 12.3. The topological polar surface area (TPSA) is 55.8 Å². The van der Waals surface area contributed by atoms with Gasteiger partial charge in [-0.15, -0.1) is 0 Å². The molecule has 0 aliphatic carbocycles. The van der Waals surface area contributed by atoms with Crippen molar-refractivity contribution < 1.29 is 19.1 Å². The van der Waals surface area contributed by atoms with Crippen LogP contribution in [0.15, 0.2) is 0 Å². The minimum absolute atomic E-state index is 0.0791. The first kappa shape index (κ1) is 16.1. The van der Waals surface area contributed by atoms with Gasteiger partial charge in [0.05, 0.1) is 19.3 Å². The van der Waals surface area contributed by atoms with Crippen LogP contribution in [0.25, 0.3) is 0 Å². The second-order valence-electron chi connectivity index (χ2n) is 6.24. The average molecular weight is 271 g/mol. The summed E-state index contributed by atoms with van der Waals surface area (Å²) in [5.41, 5.74) is -0.521. The summed E-state index contributed by atoms with van der Waals surface area (Å²) >= 11 is 0. The van der Waals surface area contributed by atoms with Gasteiger partial charge in [0, 0.05) is 6.54 Å². The number of carbonyl (C=O) groups excluding carboxylic acids is 2. The molecule has 0 unspecified atom stereocenters. The summed E-state index contributed by atoms with van der Waals surface area (Å²) in [6, 6.07) is -0.771. The van der Waals surface area contributed by atoms with Crippen molar-refractivity contribution in [3.05, 3.63) is 0 Å². The van der Waals surface area contributed by atoms with Gasteiger partial charge < -0.3 is 14.3 Å². The molecule has 0 aromatic rings. The molecule has 0 spiro atoms. The number of nitrogens with zero attached hydrogens (tertiary/aromatic N) is 1. The van der Waals surface area contributed by atoms with Gasteiger partial charge in [-0.2, -0.15) is 0 Å². The summed E-state index contributed by atoms with van der Waals surface area (Å²) in [6.07, 6.45) is 0.846. The summed E-state index contributed by atoms with van der Waals surface area (Å²) in [5, 5.41) is 0. The van der Waals surface area contributed by atoms with Gasteiger partial charge >= 0.3 is 5.97 Å². The maximum atomic E-state index is 12.3. The summed E-state index contributed by atoms with van der Waals surface area (Å²) in [7, 11) is 0. The van der Waals surface area contributed by atoms with E-state index in [9.17, 15) is 9.59 Å². The van der Waals surface area contributed by atoms with Crippen LogP contribution in [0, 0.1) is 5.92 Å². The molecule has 1 aliphatic rings. The lowest BCUT2D eigenvalue weighted by atomic mass is 9.99. The molecule has 1 fully saturated rings. The van der Waals surface area contributed by atoms with Crippen LogP contribution in [-0.4, -0.2) is 54.6 Å². The van der Waals surface area contributed by atoms with E-state index >= 15 is 0 Å². The Kier molecular flexibility index (Phi) is 5.50. The fourth-order valence-electron chi connectivity index (χ4n) is 2.25. The quantitative estimate of drug-likeness (QED) is 0.569. The van der Waals surface area contributed by atoms with E-state index in [1.807, 2.05) is 39.5 Å². The Hall–Kier alpha value is -0.940. The first-order valence-corrected chi connectivity index (χ1v) is 6.78. The Labute approximate surface area is 115 Å². The molecule has 2 atom stereocenters. The number of carbonyl (C=O) groups is 2. The fourth-order valence-corrected chi connectivity index (χ4v) is 2.25. The molecular formula is C14H25NO4. The standard InChI is InChI=1S/C14H25NO4/c1-10(2)12(13(17)19-14(3,4)5)15-6-7-18-9-11(15)8-16/h8,10-12H,6-7,9H2,1-5H3/t11-,12-/m0/s1. The molecule has 1 rings (SSSR count). The van der Waals surface area contributed by atoms with Crippen LogP contribution in [0.4, 0.5) is 0 Å². The molecule has 1 heterocycles. The summed E-state index contributed by atoms with van der Waals surface area (Å²) in [4.78, 5) is 25.4. The third-order valence-electron chi connectivity index (χ3n) is 3.00. The summed E-state index contributed by atoms with van der Waals surface area (Å²) in [5.74, 6) is -0.188. The van der Waals surface area contributed by atoms with Gasteiger partial charge in [-0.3, -0.25) is 9.69 Å². The van der Waals surface area contributed by atoms with Crippen molar-refractivity contribution in [3.8, 4) is 0 Å². The Balaban J connectivity index is 2.86. The van der Waals surface area contributed by atoms with Crippen molar-refractivity contribution in [2.75, 3.05) is 19.8 Å². The Morgan fingerprint density at radius 1 is 1.42 bits per heavy atom. The molecule has 1 aliphatic heterocycles. The highest BCUT2D eigenvalue weighted by molar-refractivity contribution is 5.77. The van der Waals surface area contributed by atoms with Crippen LogP contribution in [0.1, 0.15) is 34.6 Å². The number of hydrogen-bond acceptors (Lipinski definition) is 5. The maximum Gasteiger partial charge on any atom is 0.324 e. The molecule has 0 saturated carbocycles. The molecular weight excluding hydrogens is 246 g/mol. The predicted molar refractivity (Wildman–Crippen MR) is 71.8 cm³/mol. The molecule has 0 radical (unpaired) electrons. The van der Waals surface area contributed by atoms with Gasteiger partial charge in [-0.25, -0.2) is 0 Å². The van der Waals surface area contributed by atoms with Gasteiger partial charge in [0.15, 0.2) is 0 Å².